The molecule has 0 spiro atoms. The molecule has 1 aromatic heterocycles. The number of nitrogens with zero attached hydrogens (tertiary/aromatic N) is 2. The van der Waals surface area contributed by atoms with Gasteiger partial charge in [0.05, 0.1) is 6.07 Å². The fraction of sp³-hybridized carbons (Fsp3) is 0.286. The Hall–Kier alpha value is -1.20. The molecule has 0 aliphatic carbocycles. The second kappa shape index (κ2) is 4.98. The van der Waals surface area contributed by atoms with E-state index < -0.39 is 35.2 Å². The van der Waals surface area contributed by atoms with Crippen LogP contribution in [0.3, 0.4) is 0 Å². The van der Waals surface area contributed by atoms with Crippen LogP contribution >= 0.6 is 22.6 Å². The summed E-state index contributed by atoms with van der Waals surface area (Å²) in [6.07, 6.45) is -5.01. The van der Waals surface area contributed by atoms with E-state index in [4.69, 9.17) is 0 Å². The van der Waals surface area contributed by atoms with Gasteiger partial charge in [-0.25, -0.2) is 4.39 Å². The SMILES string of the molecule is O=[N+]([O-])c1cc(OC(F)(F)F)c(I)c(CF)n1. The minimum absolute atomic E-state index is 0.256. The highest BCUT2D eigenvalue weighted by atomic mass is 127. The summed E-state index contributed by atoms with van der Waals surface area (Å²) in [4.78, 5) is 12.6. The molecule has 0 bridgehead atoms. The zero-order chi connectivity index (χ0) is 13.2. The van der Waals surface area contributed by atoms with Crippen molar-refractivity contribution in [1.82, 2.24) is 4.98 Å². The Labute approximate surface area is 105 Å². The van der Waals surface area contributed by atoms with E-state index in [9.17, 15) is 27.7 Å². The quantitative estimate of drug-likeness (QED) is 0.357. The number of hydrogen-bond donors (Lipinski definition) is 0. The lowest BCUT2D eigenvalue weighted by atomic mass is 10.3. The first-order valence-electron chi connectivity index (χ1n) is 3.90. The molecule has 0 unspecified atom stereocenters. The van der Waals surface area contributed by atoms with Gasteiger partial charge in [-0.1, -0.05) is 0 Å². The van der Waals surface area contributed by atoms with Gasteiger partial charge >= 0.3 is 12.2 Å². The van der Waals surface area contributed by atoms with Crippen LogP contribution in [0.2, 0.25) is 0 Å². The Bertz CT molecular complexity index is 451. The lowest BCUT2D eigenvalue weighted by Crippen LogP contribution is -2.18. The highest BCUT2D eigenvalue weighted by molar-refractivity contribution is 14.1. The maximum atomic E-state index is 12.4. The van der Waals surface area contributed by atoms with Crippen molar-refractivity contribution in [3.63, 3.8) is 0 Å². The lowest BCUT2D eigenvalue weighted by Gasteiger charge is -2.10. The largest absolute Gasteiger partial charge is 0.573 e. The Morgan fingerprint density at radius 1 is 1.53 bits per heavy atom. The van der Waals surface area contributed by atoms with E-state index in [1.54, 1.807) is 0 Å². The predicted octanol–water partition coefficient (Wildman–Crippen LogP) is 2.96. The molecule has 0 saturated heterocycles. The van der Waals surface area contributed by atoms with Crippen LogP contribution in [-0.4, -0.2) is 16.3 Å². The van der Waals surface area contributed by atoms with E-state index in [-0.39, 0.29) is 3.57 Å². The molecule has 0 saturated carbocycles. The van der Waals surface area contributed by atoms with Crippen LogP contribution in [0.5, 0.6) is 5.75 Å². The van der Waals surface area contributed by atoms with E-state index in [1.165, 1.54) is 22.6 Å². The van der Waals surface area contributed by atoms with Crippen molar-refractivity contribution >= 4 is 28.4 Å². The van der Waals surface area contributed by atoms with E-state index in [0.29, 0.717) is 6.07 Å². The van der Waals surface area contributed by atoms with Gasteiger partial charge in [0.15, 0.2) is 12.4 Å². The zero-order valence-corrected chi connectivity index (χ0v) is 9.95. The van der Waals surface area contributed by atoms with Crippen LogP contribution in [0.15, 0.2) is 6.07 Å². The summed E-state index contributed by atoms with van der Waals surface area (Å²) in [6.45, 7) is -1.23. The fourth-order valence-electron chi connectivity index (χ4n) is 0.923. The third-order valence-electron chi connectivity index (χ3n) is 1.52. The van der Waals surface area contributed by atoms with Crippen LogP contribution < -0.4 is 4.74 Å². The molecular formula is C7H3F4IN2O3. The predicted molar refractivity (Wildman–Crippen MR) is 55.1 cm³/mol. The normalized spacial score (nSPS) is 11.4. The molecule has 0 aliphatic heterocycles. The summed E-state index contributed by atoms with van der Waals surface area (Å²) in [7, 11) is 0. The molecule has 0 atom stereocenters. The second-order valence-corrected chi connectivity index (χ2v) is 3.76. The van der Waals surface area contributed by atoms with Crippen molar-refractivity contribution in [2.24, 2.45) is 0 Å². The molecule has 17 heavy (non-hydrogen) atoms. The Balaban J connectivity index is 3.28. The molecule has 1 heterocycles. The molecule has 0 N–H and O–H groups in total. The Kier molecular flexibility index (Phi) is 4.06. The summed E-state index contributed by atoms with van der Waals surface area (Å²) < 4.78 is 51.6. The van der Waals surface area contributed by atoms with Crippen LogP contribution in [0, 0.1) is 13.7 Å². The highest BCUT2D eigenvalue weighted by Crippen LogP contribution is 2.32. The standard InChI is InChI=1S/C7H3F4IN2O3/c8-2-3-6(12)4(17-7(9,10)11)1-5(13-3)14(15)16/h1H,2H2. The Morgan fingerprint density at radius 3 is 2.53 bits per heavy atom. The van der Waals surface area contributed by atoms with E-state index >= 15 is 0 Å². The molecular weight excluding hydrogens is 363 g/mol. The number of halogens is 5. The maximum absolute atomic E-state index is 12.4. The second-order valence-electron chi connectivity index (χ2n) is 2.68. The minimum atomic E-state index is -5.01. The Morgan fingerprint density at radius 2 is 2.12 bits per heavy atom. The van der Waals surface area contributed by atoms with Gasteiger partial charge in [-0.3, -0.25) is 0 Å². The zero-order valence-electron chi connectivity index (χ0n) is 7.79. The average molecular weight is 366 g/mol. The number of alkyl halides is 4. The van der Waals surface area contributed by atoms with Crippen molar-refractivity contribution in [3.05, 3.63) is 25.4 Å². The van der Waals surface area contributed by atoms with Gasteiger partial charge in [-0.2, -0.15) is 0 Å². The number of hydrogen-bond acceptors (Lipinski definition) is 4. The molecule has 1 aromatic rings. The summed E-state index contributed by atoms with van der Waals surface area (Å²) in [5.41, 5.74) is -0.473. The summed E-state index contributed by atoms with van der Waals surface area (Å²) in [6, 6.07) is 0.494. The first kappa shape index (κ1) is 13.9. The smallest absolute Gasteiger partial charge is 0.404 e. The van der Waals surface area contributed by atoms with Gasteiger partial charge < -0.3 is 14.9 Å². The van der Waals surface area contributed by atoms with Gasteiger partial charge in [0.2, 0.25) is 5.69 Å². The summed E-state index contributed by atoms with van der Waals surface area (Å²) in [5.74, 6) is -1.75. The van der Waals surface area contributed by atoms with E-state index in [2.05, 4.69) is 9.72 Å². The van der Waals surface area contributed by atoms with E-state index in [1.807, 2.05) is 0 Å². The van der Waals surface area contributed by atoms with Crippen molar-refractivity contribution in [3.8, 4) is 5.75 Å². The van der Waals surface area contributed by atoms with Gasteiger partial charge in [-0.15, -0.1) is 13.2 Å². The fourth-order valence-corrected chi connectivity index (χ4v) is 1.45. The number of pyridine rings is 1. The molecule has 5 nitrogen and oxygen atoms in total. The van der Waals surface area contributed by atoms with Crippen molar-refractivity contribution < 1.29 is 27.2 Å². The monoisotopic (exact) mass is 366 g/mol. The molecule has 0 amide bonds. The van der Waals surface area contributed by atoms with Gasteiger partial charge in [-0.05, 0) is 32.5 Å². The van der Waals surface area contributed by atoms with Crippen molar-refractivity contribution in [2.45, 2.75) is 13.0 Å². The first-order valence-corrected chi connectivity index (χ1v) is 4.98. The molecule has 10 heteroatoms. The third-order valence-corrected chi connectivity index (χ3v) is 2.67. The maximum Gasteiger partial charge on any atom is 0.573 e. The molecule has 0 aliphatic rings. The minimum Gasteiger partial charge on any atom is -0.404 e. The first-order chi connectivity index (χ1) is 7.74. The molecule has 0 radical (unpaired) electrons. The van der Waals surface area contributed by atoms with Crippen LogP contribution in [-0.2, 0) is 6.67 Å². The number of ether oxygens (including phenoxy) is 1. The molecule has 94 valence electrons. The van der Waals surface area contributed by atoms with Gasteiger partial charge in [0, 0.05) is 0 Å². The van der Waals surface area contributed by atoms with Crippen molar-refractivity contribution in [1.29, 1.82) is 0 Å². The van der Waals surface area contributed by atoms with Crippen LogP contribution in [0.1, 0.15) is 5.69 Å². The van der Waals surface area contributed by atoms with Crippen LogP contribution in [0.25, 0.3) is 0 Å². The molecule has 0 fully saturated rings. The number of aromatic nitrogens is 1. The highest BCUT2D eigenvalue weighted by Gasteiger charge is 2.34. The number of nitro groups is 1. The van der Waals surface area contributed by atoms with E-state index in [0.717, 1.165) is 0 Å². The molecule has 1 rings (SSSR count). The average Bonchev–Trinajstić information content (AvgIpc) is 2.18. The lowest BCUT2D eigenvalue weighted by molar-refractivity contribution is -0.389. The topological polar surface area (TPSA) is 65.3 Å². The van der Waals surface area contributed by atoms with Crippen LogP contribution in [0.4, 0.5) is 23.4 Å². The molecule has 0 aromatic carbocycles. The number of rotatable bonds is 3. The van der Waals surface area contributed by atoms with Crippen molar-refractivity contribution in [2.75, 3.05) is 0 Å². The van der Waals surface area contributed by atoms with Gasteiger partial charge in [0.25, 0.3) is 0 Å². The van der Waals surface area contributed by atoms with Gasteiger partial charge in [0.1, 0.15) is 3.57 Å². The summed E-state index contributed by atoms with van der Waals surface area (Å²) >= 11 is 1.37. The summed E-state index contributed by atoms with van der Waals surface area (Å²) in [5, 5.41) is 10.4. The third kappa shape index (κ3) is 3.64.